The smallest absolute Gasteiger partial charge is 0.358 e. The van der Waals surface area contributed by atoms with Gasteiger partial charge < -0.3 is 14.5 Å². The third-order valence-electron chi connectivity index (χ3n) is 4.06. The van der Waals surface area contributed by atoms with Crippen LogP contribution in [0, 0.1) is 11.3 Å². The number of para-hydroxylation sites is 2. The molecule has 0 saturated carbocycles. The number of hydrogen-bond acceptors (Lipinski definition) is 7. The zero-order chi connectivity index (χ0) is 20.8. The van der Waals surface area contributed by atoms with Crippen LogP contribution in [0.1, 0.15) is 24.6 Å². The fraction of sp³-hybridized carbons (Fsp3) is 0.190. The maximum atomic E-state index is 12.2. The van der Waals surface area contributed by atoms with E-state index in [1.54, 1.807) is 42.5 Å². The van der Waals surface area contributed by atoms with Crippen molar-refractivity contribution in [2.75, 3.05) is 5.32 Å². The number of aryl methyl sites for hydroxylation is 1. The van der Waals surface area contributed by atoms with Gasteiger partial charge in [-0.1, -0.05) is 18.2 Å². The second kappa shape index (κ2) is 8.80. The Hall–Kier alpha value is -3.99. The van der Waals surface area contributed by atoms with Gasteiger partial charge in [-0.3, -0.25) is 9.59 Å². The van der Waals surface area contributed by atoms with E-state index in [0.29, 0.717) is 22.4 Å². The molecular formula is C21H17N3O5. The number of aromatic nitrogens is 1. The van der Waals surface area contributed by atoms with E-state index in [2.05, 4.69) is 10.3 Å². The molecule has 1 N–H and O–H groups in total. The second-order valence-electron chi connectivity index (χ2n) is 6.23. The Morgan fingerprint density at radius 2 is 2.03 bits per heavy atom. The molecule has 1 aromatic heterocycles. The topological polar surface area (TPSA) is 122 Å². The van der Waals surface area contributed by atoms with Gasteiger partial charge in [-0.25, -0.2) is 9.78 Å². The van der Waals surface area contributed by atoms with Crippen LogP contribution in [0.5, 0.6) is 0 Å². The number of fused-ring (bicyclic) bond motifs is 1. The molecule has 0 aliphatic heterocycles. The molecule has 29 heavy (non-hydrogen) atoms. The molecule has 146 valence electrons. The lowest BCUT2D eigenvalue weighted by molar-refractivity contribution is -0.153. The third kappa shape index (κ3) is 5.05. The van der Waals surface area contributed by atoms with Gasteiger partial charge in [0.15, 0.2) is 11.7 Å². The van der Waals surface area contributed by atoms with Crippen molar-refractivity contribution in [3.8, 4) is 6.07 Å². The number of amides is 1. The highest BCUT2D eigenvalue weighted by molar-refractivity contribution is 5.95. The van der Waals surface area contributed by atoms with Crippen molar-refractivity contribution in [2.24, 2.45) is 0 Å². The number of benzene rings is 2. The normalized spacial score (nSPS) is 11.4. The lowest BCUT2D eigenvalue weighted by Gasteiger charge is -2.13. The first-order chi connectivity index (χ1) is 14.0. The Kier molecular flexibility index (Phi) is 6.00. The van der Waals surface area contributed by atoms with Crippen LogP contribution in [0.3, 0.4) is 0 Å². The Labute approximate surface area is 165 Å². The maximum absolute atomic E-state index is 12.2. The van der Waals surface area contributed by atoms with Crippen LogP contribution in [-0.2, 0) is 20.7 Å². The van der Waals surface area contributed by atoms with Gasteiger partial charge in [0.25, 0.3) is 5.91 Å². The SMILES string of the molecule is C[C@H](OC(=O)CCc1nc2ccccc2oc1=O)C(=O)Nc1cccc(C#N)c1. The first-order valence-electron chi connectivity index (χ1n) is 8.85. The minimum atomic E-state index is -1.05. The number of carbonyl (C=O) groups is 2. The zero-order valence-corrected chi connectivity index (χ0v) is 15.5. The molecule has 2 aromatic carbocycles. The van der Waals surface area contributed by atoms with E-state index in [4.69, 9.17) is 14.4 Å². The molecule has 0 unspecified atom stereocenters. The summed E-state index contributed by atoms with van der Waals surface area (Å²) in [6.45, 7) is 1.43. The highest BCUT2D eigenvalue weighted by Gasteiger charge is 2.19. The summed E-state index contributed by atoms with van der Waals surface area (Å²) in [5, 5.41) is 11.5. The van der Waals surface area contributed by atoms with Crippen LogP contribution in [0.2, 0.25) is 0 Å². The average Bonchev–Trinajstić information content (AvgIpc) is 2.72. The van der Waals surface area contributed by atoms with E-state index < -0.39 is 23.6 Å². The summed E-state index contributed by atoms with van der Waals surface area (Å²) in [6, 6.07) is 15.2. The Bertz CT molecular complexity index is 1160. The summed E-state index contributed by atoms with van der Waals surface area (Å²) >= 11 is 0. The largest absolute Gasteiger partial charge is 0.453 e. The van der Waals surface area contributed by atoms with Gasteiger partial charge in [-0.2, -0.15) is 5.26 Å². The number of nitrogens with zero attached hydrogens (tertiary/aromatic N) is 2. The molecule has 0 radical (unpaired) electrons. The number of rotatable bonds is 6. The van der Waals surface area contributed by atoms with Crippen LogP contribution in [-0.4, -0.2) is 23.0 Å². The quantitative estimate of drug-likeness (QED) is 0.641. The van der Waals surface area contributed by atoms with Crippen molar-refractivity contribution in [1.82, 2.24) is 4.98 Å². The molecule has 1 amide bonds. The van der Waals surface area contributed by atoms with E-state index in [9.17, 15) is 14.4 Å². The van der Waals surface area contributed by atoms with E-state index >= 15 is 0 Å². The standard InChI is InChI=1S/C21H17N3O5/c1-13(20(26)23-15-6-4-5-14(11-15)12-22)28-19(25)10-9-17-21(27)29-18-8-3-2-7-16(18)24-17/h2-8,11,13H,9-10H2,1H3,(H,23,26)/t13-/m0/s1. The predicted molar refractivity (Wildman–Crippen MR) is 104 cm³/mol. The summed E-state index contributed by atoms with van der Waals surface area (Å²) in [7, 11) is 0. The van der Waals surface area contributed by atoms with E-state index in [1.807, 2.05) is 6.07 Å². The van der Waals surface area contributed by atoms with Crippen molar-refractivity contribution in [2.45, 2.75) is 25.9 Å². The summed E-state index contributed by atoms with van der Waals surface area (Å²) < 4.78 is 10.3. The molecule has 8 nitrogen and oxygen atoms in total. The third-order valence-corrected chi connectivity index (χ3v) is 4.06. The lowest BCUT2D eigenvalue weighted by Crippen LogP contribution is -2.30. The Morgan fingerprint density at radius 3 is 2.83 bits per heavy atom. The summed E-state index contributed by atoms with van der Waals surface area (Å²) in [6.07, 6.45) is -1.14. The van der Waals surface area contributed by atoms with Gasteiger partial charge in [0.2, 0.25) is 0 Å². The summed E-state index contributed by atoms with van der Waals surface area (Å²) in [5.41, 5.74) is 1.22. The second-order valence-corrected chi connectivity index (χ2v) is 6.23. The number of anilines is 1. The molecule has 3 aromatic rings. The molecule has 8 heteroatoms. The van der Waals surface area contributed by atoms with E-state index in [1.165, 1.54) is 13.0 Å². The highest BCUT2D eigenvalue weighted by Crippen LogP contribution is 2.12. The predicted octanol–water partition coefficient (Wildman–Crippen LogP) is 2.56. The number of nitriles is 1. The molecule has 0 fully saturated rings. The van der Waals surface area contributed by atoms with Crippen molar-refractivity contribution in [3.05, 3.63) is 70.2 Å². The number of ether oxygens (including phenoxy) is 1. The number of nitrogens with one attached hydrogen (secondary N) is 1. The zero-order valence-electron chi connectivity index (χ0n) is 15.5. The molecule has 1 atom stereocenters. The van der Waals surface area contributed by atoms with Crippen molar-refractivity contribution in [3.63, 3.8) is 0 Å². The van der Waals surface area contributed by atoms with Crippen LogP contribution < -0.4 is 10.9 Å². The van der Waals surface area contributed by atoms with Gasteiger partial charge >= 0.3 is 11.6 Å². The molecule has 1 heterocycles. The summed E-state index contributed by atoms with van der Waals surface area (Å²) in [5.74, 6) is -1.18. The van der Waals surface area contributed by atoms with Gasteiger partial charge in [0.1, 0.15) is 11.2 Å². The lowest BCUT2D eigenvalue weighted by atomic mass is 10.2. The van der Waals surface area contributed by atoms with E-state index in [-0.39, 0.29) is 18.5 Å². The fourth-order valence-electron chi connectivity index (χ4n) is 2.58. The van der Waals surface area contributed by atoms with Crippen molar-refractivity contribution in [1.29, 1.82) is 5.26 Å². The molecule has 0 spiro atoms. The molecule has 0 bridgehead atoms. The first-order valence-corrected chi connectivity index (χ1v) is 8.85. The molecular weight excluding hydrogens is 374 g/mol. The van der Waals surface area contributed by atoms with Gasteiger partial charge in [0.05, 0.1) is 18.1 Å². The van der Waals surface area contributed by atoms with Gasteiger partial charge in [0, 0.05) is 12.1 Å². The molecule has 0 aliphatic rings. The van der Waals surface area contributed by atoms with Crippen molar-refractivity contribution < 1.29 is 18.7 Å². The number of carbonyl (C=O) groups excluding carboxylic acids is 2. The van der Waals surface area contributed by atoms with Crippen molar-refractivity contribution >= 4 is 28.7 Å². The maximum Gasteiger partial charge on any atom is 0.358 e. The minimum Gasteiger partial charge on any atom is -0.453 e. The van der Waals surface area contributed by atoms with Crippen LogP contribution in [0.25, 0.3) is 11.1 Å². The Morgan fingerprint density at radius 1 is 1.24 bits per heavy atom. The van der Waals surface area contributed by atoms with Crippen LogP contribution in [0.4, 0.5) is 5.69 Å². The Balaban J connectivity index is 1.56. The van der Waals surface area contributed by atoms with Crippen LogP contribution >= 0.6 is 0 Å². The minimum absolute atomic E-state index is 0.0323. The van der Waals surface area contributed by atoms with Gasteiger partial charge in [-0.15, -0.1) is 0 Å². The van der Waals surface area contributed by atoms with E-state index in [0.717, 1.165) is 0 Å². The number of esters is 1. The molecule has 3 rings (SSSR count). The highest BCUT2D eigenvalue weighted by atomic mass is 16.5. The average molecular weight is 391 g/mol. The fourth-order valence-corrected chi connectivity index (χ4v) is 2.58. The monoisotopic (exact) mass is 391 g/mol. The molecule has 0 saturated heterocycles. The summed E-state index contributed by atoms with van der Waals surface area (Å²) in [4.78, 5) is 40.4. The van der Waals surface area contributed by atoms with Gasteiger partial charge in [-0.05, 0) is 37.3 Å². The number of hydrogen-bond donors (Lipinski definition) is 1. The van der Waals surface area contributed by atoms with Crippen LogP contribution in [0.15, 0.2) is 57.7 Å². The first kappa shape index (κ1) is 19.8. The molecule has 0 aliphatic carbocycles.